The van der Waals surface area contributed by atoms with Crippen LogP contribution in [-0.2, 0) is 17.8 Å². The Morgan fingerprint density at radius 3 is 2.03 bits per heavy atom. The first-order chi connectivity index (χ1) is 16.2. The first-order valence-electron chi connectivity index (χ1n) is 10.8. The van der Waals surface area contributed by atoms with E-state index in [1.54, 1.807) is 18.4 Å². The molecule has 0 fully saturated rings. The zero-order chi connectivity index (χ0) is 25.0. The molecule has 0 N–H and O–H groups in total. The third-order valence-corrected chi connectivity index (χ3v) is 5.74. The summed E-state index contributed by atoms with van der Waals surface area (Å²) < 4.78 is 33.3. The first-order valence-corrected chi connectivity index (χ1v) is 10.8. The second-order valence-electron chi connectivity index (χ2n) is 7.89. The Hall–Kier alpha value is -3.81. The van der Waals surface area contributed by atoms with Crippen LogP contribution in [0.4, 0.5) is 8.78 Å². The summed E-state index contributed by atoms with van der Waals surface area (Å²) in [6, 6.07) is 10.6. The molecule has 3 rings (SSSR count). The highest BCUT2D eigenvalue weighted by Crippen LogP contribution is 2.24. The van der Waals surface area contributed by atoms with E-state index in [4.69, 9.17) is 4.74 Å². The van der Waals surface area contributed by atoms with Crippen LogP contribution >= 0.6 is 0 Å². The van der Waals surface area contributed by atoms with Gasteiger partial charge < -0.3 is 14.2 Å². The van der Waals surface area contributed by atoms with Gasteiger partial charge in [-0.15, -0.1) is 0 Å². The highest BCUT2D eigenvalue weighted by Gasteiger charge is 2.28. The van der Waals surface area contributed by atoms with Crippen molar-refractivity contribution in [2.24, 2.45) is 0 Å². The van der Waals surface area contributed by atoms with Crippen molar-refractivity contribution in [3.8, 4) is 0 Å². The SMILES string of the molecule is CCn1c(C)c(C(=O)CN(Cc2ccc(F)cc2)C(=O)c2ccc(F)cc2)c(C)c1C(=O)OC. The van der Waals surface area contributed by atoms with Crippen LogP contribution in [0, 0.1) is 25.5 Å². The van der Waals surface area contributed by atoms with Crippen LogP contribution in [0.3, 0.4) is 0 Å². The van der Waals surface area contributed by atoms with Crippen LogP contribution in [0.1, 0.15) is 54.9 Å². The fourth-order valence-corrected chi connectivity index (χ4v) is 4.10. The van der Waals surface area contributed by atoms with E-state index in [-0.39, 0.29) is 24.4 Å². The minimum Gasteiger partial charge on any atom is -0.464 e. The Labute approximate surface area is 196 Å². The van der Waals surface area contributed by atoms with Gasteiger partial charge in [-0.25, -0.2) is 13.6 Å². The van der Waals surface area contributed by atoms with E-state index in [0.717, 1.165) is 0 Å². The topological polar surface area (TPSA) is 68.6 Å². The van der Waals surface area contributed by atoms with Gasteiger partial charge >= 0.3 is 5.97 Å². The van der Waals surface area contributed by atoms with Gasteiger partial charge in [0.05, 0.1) is 13.7 Å². The van der Waals surface area contributed by atoms with Crippen LogP contribution in [0.15, 0.2) is 48.5 Å². The number of rotatable bonds is 8. The van der Waals surface area contributed by atoms with Crippen LogP contribution in [0.5, 0.6) is 0 Å². The van der Waals surface area contributed by atoms with E-state index in [0.29, 0.717) is 34.6 Å². The molecule has 34 heavy (non-hydrogen) atoms. The van der Waals surface area contributed by atoms with Crippen molar-refractivity contribution in [2.45, 2.75) is 33.9 Å². The summed E-state index contributed by atoms with van der Waals surface area (Å²) in [5, 5.41) is 0. The van der Waals surface area contributed by atoms with Crippen molar-refractivity contribution < 1.29 is 27.9 Å². The molecule has 3 aromatic rings. The standard InChI is InChI=1S/C26H26F2N2O4/c1-5-30-17(3)23(16(2)24(30)26(33)34-4)22(31)15-29(14-18-6-10-20(27)11-7-18)25(32)19-8-12-21(28)13-9-19/h6-13H,5,14-15H2,1-4H3. The van der Waals surface area contributed by atoms with Gasteiger partial charge in [0.25, 0.3) is 5.91 Å². The van der Waals surface area contributed by atoms with Crippen molar-refractivity contribution in [2.75, 3.05) is 13.7 Å². The molecule has 0 bridgehead atoms. The van der Waals surface area contributed by atoms with Crippen molar-refractivity contribution >= 4 is 17.7 Å². The number of methoxy groups -OCH3 is 1. The van der Waals surface area contributed by atoms with E-state index in [9.17, 15) is 23.2 Å². The molecule has 0 aliphatic rings. The number of benzene rings is 2. The number of nitrogens with zero attached hydrogens (tertiary/aromatic N) is 2. The monoisotopic (exact) mass is 468 g/mol. The lowest BCUT2D eigenvalue weighted by Crippen LogP contribution is -2.35. The summed E-state index contributed by atoms with van der Waals surface area (Å²) in [5.74, 6) is -2.29. The molecule has 178 valence electrons. The third-order valence-electron chi connectivity index (χ3n) is 5.74. The lowest BCUT2D eigenvalue weighted by Gasteiger charge is -2.23. The Bertz CT molecular complexity index is 1220. The van der Waals surface area contributed by atoms with Crippen molar-refractivity contribution in [3.05, 3.63) is 93.8 Å². The van der Waals surface area contributed by atoms with Crippen LogP contribution in [0.25, 0.3) is 0 Å². The van der Waals surface area contributed by atoms with Gasteiger partial charge in [0, 0.05) is 29.9 Å². The van der Waals surface area contributed by atoms with Gasteiger partial charge in [0.2, 0.25) is 0 Å². The molecule has 1 aromatic heterocycles. The number of hydrogen-bond donors (Lipinski definition) is 0. The zero-order valence-corrected chi connectivity index (χ0v) is 19.5. The number of ketones is 1. The van der Waals surface area contributed by atoms with Gasteiger partial charge in [-0.05, 0) is 68.3 Å². The van der Waals surface area contributed by atoms with Gasteiger partial charge in [-0.3, -0.25) is 9.59 Å². The average Bonchev–Trinajstić information content (AvgIpc) is 3.08. The molecule has 0 aliphatic heterocycles. The number of esters is 1. The Morgan fingerprint density at radius 2 is 1.50 bits per heavy atom. The normalized spacial score (nSPS) is 10.8. The molecule has 6 nitrogen and oxygen atoms in total. The molecule has 1 heterocycles. The number of aromatic nitrogens is 1. The van der Waals surface area contributed by atoms with Gasteiger partial charge in [-0.2, -0.15) is 0 Å². The molecule has 0 aliphatic carbocycles. The summed E-state index contributed by atoms with van der Waals surface area (Å²) in [5.41, 5.74) is 2.55. The van der Waals surface area contributed by atoms with E-state index < -0.39 is 23.5 Å². The lowest BCUT2D eigenvalue weighted by atomic mass is 10.0. The maximum Gasteiger partial charge on any atom is 0.354 e. The van der Waals surface area contributed by atoms with Gasteiger partial charge in [-0.1, -0.05) is 12.1 Å². The van der Waals surface area contributed by atoms with E-state index >= 15 is 0 Å². The summed E-state index contributed by atoms with van der Waals surface area (Å²) in [6.45, 7) is 5.47. The molecule has 0 unspecified atom stereocenters. The summed E-state index contributed by atoms with van der Waals surface area (Å²) in [4.78, 5) is 40.3. The van der Waals surface area contributed by atoms with Crippen LogP contribution < -0.4 is 0 Å². The fourth-order valence-electron chi connectivity index (χ4n) is 4.10. The second kappa shape index (κ2) is 10.4. The number of ether oxygens (including phenoxy) is 1. The lowest BCUT2D eigenvalue weighted by molar-refractivity contribution is 0.0587. The Balaban J connectivity index is 1.99. The van der Waals surface area contributed by atoms with Crippen molar-refractivity contribution in [1.82, 2.24) is 9.47 Å². The minimum absolute atomic E-state index is 0.0403. The molecule has 1 amide bonds. The molecule has 0 saturated carbocycles. The van der Waals surface area contributed by atoms with Gasteiger partial charge in [0.15, 0.2) is 5.78 Å². The second-order valence-corrected chi connectivity index (χ2v) is 7.89. The van der Waals surface area contributed by atoms with Crippen molar-refractivity contribution in [1.29, 1.82) is 0 Å². The number of Topliss-reactive ketones (excluding diaryl/α,β-unsaturated/α-hetero) is 1. The number of amides is 1. The molecular weight excluding hydrogens is 442 g/mol. The smallest absolute Gasteiger partial charge is 0.354 e. The predicted molar refractivity (Wildman–Crippen MR) is 123 cm³/mol. The molecule has 0 saturated heterocycles. The Kier molecular flexibility index (Phi) is 7.61. The summed E-state index contributed by atoms with van der Waals surface area (Å²) in [7, 11) is 1.28. The average molecular weight is 469 g/mol. The summed E-state index contributed by atoms with van der Waals surface area (Å²) >= 11 is 0. The van der Waals surface area contributed by atoms with E-state index in [1.807, 2.05) is 6.92 Å². The molecule has 2 aromatic carbocycles. The minimum atomic E-state index is -0.549. The zero-order valence-electron chi connectivity index (χ0n) is 19.5. The quantitative estimate of drug-likeness (QED) is 0.355. The fraction of sp³-hybridized carbons (Fsp3) is 0.269. The third kappa shape index (κ3) is 5.06. The highest BCUT2D eigenvalue weighted by atomic mass is 19.1. The van der Waals surface area contributed by atoms with Gasteiger partial charge in [0.1, 0.15) is 17.3 Å². The van der Waals surface area contributed by atoms with Crippen LogP contribution in [0.2, 0.25) is 0 Å². The van der Waals surface area contributed by atoms with E-state index in [1.165, 1.54) is 60.5 Å². The molecule has 8 heteroatoms. The maximum absolute atomic E-state index is 13.4. The largest absolute Gasteiger partial charge is 0.464 e. The van der Waals surface area contributed by atoms with E-state index in [2.05, 4.69) is 0 Å². The molecule has 0 spiro atoms. The predicted octanol–water partition coefficient (Wildman–Crippen LogP) is 4.71. The number of carbonyl (C=O) groups is 3. The molecule has 0 atom stereocenters. The molecular formula is C26H26F2N2O4. The number of carbonyl (C=O) groups excluding carboxylic acids is 3. The number of halogens is 2. The van der Waals surface area contributed by atoms with Crippen molar-refractivity contribution in [3.63, 3.8) is 0 Å². The first kappa shape index (κ1) is 24.8. The van der Waals surface area contributed by atoms with Crippen LogP contribution in [-0.4, -0.2) is 40.8 Å². The molecule has 0 radical (unpaired) electrons. The Morgan fingerprint density at radius 1 is 0.941 bits per heavy atom. The summed E-state index contributed by atoms with van der Waals surface area (Å²) in [6.07, 6.45) is 0. The highest BCUT2D eigenvalue weighted by molar-refractivity contribution is 6.06. The maximum atomic E-state index is 13.4. The number of hydrogen-bond acceptors (Lipinski definition) is 4.